The first-order chi connectivity index (χ1) is 21.1. The smallest absolute Gasteiger partial charge is 0.416 e. The number of aromatic amines is 1. The molecule has 2 N–H and O–H groups in total. The third-order valence-electron chi connectivity index (χ3n) is 8.46. The Morgan fingerprint density at radius 2 is 1.84 bits per heavy atom. The van der Waals surface area contributed by atoms with Crippen molar-refractivity contribution >= 4 is 22.8 Å². The third kappa shape index (κ3) is 6.20. The molecule has 232 valence electrons. The van der Waals surface area contributed by atoms with Gasteiger partial charge in [0.25, 0.3) is 0 Å². The van der Waals surface area contributed by atoms with Crippen molar-refractivity contribution in [2.75, 3.05) is 44.6 Å². The second kappa shape index (κ2) is 12.0. The van der Waals surface area contributed by atoms with E-state index in [9.17, 15) is 18.0 Å². The van der Waals surface area contributed by atoms with Gasteiger partial charge in [0.1, 0.15) is 17.7 Å². The summed E-state index contributed by atoms with van der Waals surface area (Å²) in [6.45, 7) is 10.5. The molecule has 4 aromatic rings. The molecule has 0 saturated carbocycles. The molecule has 0 radical (unpaired) electrons. The second-order valence-corrected chi connectivity index (χ2v) is 11.3. The van der Waals surface area contributed by atoms with E-state index in [1.807, 2.05) is 30.9 Å². The first-order valence-electron chi connectivity index (χ1n) is 14.8. The molecule has 3 aromatic heterocycles. The van der Waals surface area contributed by atoms with Gasteiger partial charge >= 0.3 is 12.2 Å². The van der Waals surface area contributed by atoms with Crippen LogP contribution in [-0.4, -0.2) is 79.9 Å². The van der Waals surface area contributed by atoms with Crippen LogP contribution in [0.1, 0.15) is 48.0 Å². The van der Waals surface area contributed by atoms with Gasteiger partial charge in [-0.25, -0.2) is 14.8 Å². The number of amides is 2. The SMILES string of the molecule is CCN1CCN(Cc2ccc(NC(=O)N3CCc4ncc(Oc5ncnc6[nH]c(C)cc56)cc4C3C)cc2C(F)(F)F)CC1. The highest BCUT2D eigenvalue weighted by Crippen LogP contribution is 2.36. The normalized spacial score (nSPS) is 18.0. The highest BCUT2D eigenvalue weighted by atomic mass is 19.4. The predicted octanol–water partition coefficient (Wildman–Crippen LogP) is 5.76. The van der Waals surface area contributed by atoms with Gasteiger partial charge in [-0.2, -0.15) is 13.2 Å². The number of urea groups is 1. The van der Waals surface area contributed by atoms with Gasteiger partial charge in [-0.1, -0.05) is 13.0 Å². The number of fused-ring (bicyclic) bond motifs is 2. The minimum Gasteiger partial charge on any atom is -0.437 e. The number of alkyl halides is 3. The molecule has 0 aliphatic carbocycles. The maximum Gasteiger partial charge on any atom is 0.416 e. The number of carbonyl (C=O) groups excluding carboxylic acids is 1. The Balaban J connectivity index is 1.17. The summed E-state index contributed by atoms with van der Waals surface area (Å²) in [7, 11) is 0. The average Bonchev–Trinajstić information content (AvgIpc) is 3.39. The Hall–Kier alpha value is -4.23. The van der Waals surface area contributed by atoms with Crippen molar-refractivity contribution in [3.63, 3.8) is 0 Å². The molecule has 10 nitrogen and oxygen atoms in total. The molecule has 1 saturated heterocycles. The summed E-state index contributed by atoms with van der Waals surface area (Å²) in [5.74, 6) is 0.838. The van der Waals surface area contributed by atoms with Gasteiger partial charge in [0.2, 0.25) is 5.88 Å². The molecule has 1 aromatic carbocycles. The van der Waals surface area contributed by atoms with Gasteiger partial charge in [-0.3, -0.25) is 9.88 Å². The molecule has 6 rings (SSSR count). The van der Waals surface area contributed by atoms with E-state index in [0.29, 0.717) is 30.2 Å². The van der Waals surface area contributed by atoms with Crippen LogP contribution >= 0.6 is 0 Å². The van der Waals surface area contributed by atoms with Crippen molar-refractivity contribution in [3.8, 4) is 11.6 Å². The number of H-pyrrole nitrogens is 1. The van der Waals surface area contributed by atoms with Crippen LogP contribution in [0.15, 0.2) is 42.9 Å². The van der Waals surface area contributed by atoms with E-state index in [2.05, 4.69) is 37.1 Å². The lowest BCUT2D eigenvalue weighted by atomic mass is 9.98. The zero-order valence-corrected chi connectivity index (χ0v) is 24.9. The summed E-state index contributed by atoms with van der Waals surface area (Å²) in [6.07, 6.45) is -1.01. The summed E-state index contributed by atoms with van der Waals surface area (Å²) in [6, 6.07) is 6.92. The summed E-state index contributed by atoms with van der Waals surface area (Å²) in [4.78, 5) is 35.5. The number of aromatic nitrogens is 4. The Kier molecular flexibility index (Phi) is 8.16. The first-order valence-corrected chi connectivity index (χ1v) is 14.8. The van der Waals surface area contributed by atoms with E-state index in [1.54, 1.807) is 17.2 Å². The quantitative estimate of drug-likeness (QED) is 0.287. The maximum atomic E-state index is 14.1. The molecule has 13 heteroatoms. The fraction of sp³-hybridized carbons (Fsp3) is 0.419. The molecule has 2 amide bonds. The molecule has 5 heterocycles. The number of anilines is 1. The van der Waals surface area contributed by atoms with Crippen molar-refractivity contribution in [3.05, 3.63) is 70.9 Å². The summed E-state index contributed by atoms with van der Waals surface area (Å²) < 4.78 is 48.4. The van der Waals surface area contributed by atoms with Crippen LogP contribution in [0.5, 0.6) is 11.6 Å². The molecular formula is C31H35F3N8O2. The molecule has 2 aliphatic heterocycles. The average molecular weight is 609 g/mol. The Morgan fingerprint density at radius 1 is 1.07 bits per heavy atom. The lowest BCUT2D eigenvalue weighted by molar-refractivity contribution is -0.138. The van der Waals surface area contributed by atoms with Crippen molar-refractivity contribution < 1.29 is 22.7 Å². The number of likely N-dealkylation sites (N-methyl/N-ethyl adjacent to an activating group) is 1. The number of nitrogens with one attached hydrogen (secondary N) is 2. The zero-order chi connectivity index (χ0) is 31.0. The lowest BCUT2D eigenvalue weighted by Crippen LogP contribution is -2.45. The second-order valence-electron chi connectivity index (χ2n) is 11.3. The number of piperazine rings is 1. The van der Waals surface area contributed by atoms with Crippen LogP contribution in [-0.2, 0) is 19.1 Å². The van der Waals surface area contributed by atoms with Crippen molar-refractivity contribution in [1.29, 1.82) is 0 Å². The van der Waals surface area contributed by atoms with Crippen LogP contribution in [0.3, 0.4) is 0 Å². The molecule has 44 heavy (non-hydrogen) atoms. The number of pyridine rings is 1. The van der Waals surface area contributed by atoms with E-state index in [-0.39, 0.29) is 17.8 Å². The number of ether oxygens (including phenoxy) is 1. The van der Waals surface area contributed by atoms with Crippen molar-refractivity contribution in [1.82, 2.24) is 34.6 Å². The largest absolute Gasteiger partial charge is 0.437 e. The van der Waals surface area contributed by atoms with Crippen LogP contribution in [0.25, 0.3) is 11.0 Å². The van der Waals surface area contributed by atoms with E-state index >= 15 is 0 Å². The topological polar surface area (TPSA) is 103 Å². The van der Waals surface area contributed by atoms with E-state index in [1.165, 1.54) is 12.4 Å². The number of halogens is 3. The molecule has 1 fully saturated rings. The van der Waals surface area contributed by atoms with Gasteiger partial charge in [-0.15, -0.1) is 0 Å². The monoisotopic (exact) mass is 608 g/mol. The zero-order valence-electron chi connectivity index (χ0n) is 24.9. The number of hydrogen-bond donors (Lipinski definition) is 2. The summed E-state index contributed by atoms with van der Waals surface area (Å²) in [5, 5.41) is 3.44. The number of aryl methyl sites for hydroxylation is 1. The van der Waals surface area contributed by atoms with Crippen molar-refractivity contribution in [2.45, 2.75) is 46.0 Å². The Morgan fingerprint density at radius 3 is 2.59 bits per heavy atom. The Labute approximate surface area is 253 Å². The highest BCUT2D eigenvalue weighted by molar-refractivity contribution is 5.90. The summed E-state index contributed by atoms with van der Waals surface area (Å²) in [5.41, 5.74) is 2.79. The number of hydrogen-bond acceptors (Lipinski definition) is 7. The summed E-state index contributed by atoms with van der Waals surface area (Å²) >= 11 is 0. The van der Waals surface area contributed by atoms with Gasteiger partial charge in [0, 0.05) is 62.8 Å². The van der Waals surface area contributed by atoms with Gasteiger partial charge in [0.05, 0.1) is 23.2 Å². The number of nitrogens with zero attached hydrogens (tertiary/aromatic N) is 6. The maximum absolute atomic E-state index is 14.1. The number of carbonyl (C=O) groups is 1. The fourth-order valence-corrected chi connectivity index (χ4v) is 5.98. The highest BCUT2D eigenvalue weighted by Gasteiger charge is 2.35. The number of rotatable bonds is 6. The lowest BCUT2D eigenvalue weighted by Gasteiger charge is -2.35. The van der Waals surface area contributed by atoms with Crippen LogP contribution in [0.2, 0.25) is 0 Å². The molecular weight excluding hydrogens is 573 g/mol. The van der Waals surface area contributed by atoms with E-state index in [4.69, 9.17) is 4.74 Å². The minimum atomic E-state index is -4.55. The molecule has 0 bridgehead atoms. The van der Waals surface area contributed by atoms with Crippen LogP contribution < -0.4 is 10.1 Å². The van der Waals surface area contributed by atoms with Crippen LogP contribution in [0, 0.1) is 6.92 Å². The third-order valence-corrected chi connectivity index (χ3v) is 8.46. The van der Waals surface area contributed by atoms with Crippen molar-refractivity contribution in [2.24, 2.45) is 0 Å². The Bertz CT molecular complexity index is 1670. The molecule has 1 unspecified atom stereocenters. The van der Waals surface area contributed by atoms with Crippen LogP contribution in [0.4, 0.5) is 23.7 Å². The van der Waals surface area contributed by atoms with Gasteiger partial charge < -0.3 is 24.8 Å². The van der Waals surface area contributed by atoms with E-state index in [0.717, 1.165) is 61.1 Å². The molecule has 0 spiro atoms. The molecule has 1 atom stereocenters. The van der Waals surface area contributed by atoms with Gasteiger partial charge in [0.15, 0.2) is 0 Å². The minimum absolute atomic E-state index is 0.102. The predicted molar refractivity (Wildman–Crippen MR) is 160 cm³/mol. The fourth-order valence-electron chi connectivity index (χ4n) is 5.98. The van der Waals surface area contributed by atoms with Gasteiger partial charge in [-0.05, 0) is 55.8 Å². The number of benzene rings is 1. The van der Waals surface area contributed by atoms with E-state index < -0.39 is 23.8 Å². The molecule has 2 aliphatic rings. The standard InChI is InChI=1S/C31H35F3N8O2/c1-4-40-9-11-41(12-10-40)17-21-5-6-22(14-26(21)31(32,33)34)39-30(43)42-8-7-27-24(20(42)3)15-23(16-35-27)44-29-25-13-19(2)38-28(25)36-18-37-29/h5-6,13-16,18,20H,4,7-12,17H2,1-3H3,(H,39,43)(H,36,37,38). The first kappa shape index (κ1) is 29.8.